The quantitative estimate of drug-likeness (QED) is 0.435. The van der Waals surface area contributed by atoms with E-state index in [1.807, 2.05) is 24.3 Å². The Hall–Kier alpha value is -2.14. The van der Waals surface area contributed by atoms with E-state index in [2.05, 4.69) is 26.6 Å². The normalized spacial score (nSPS) is 19.6. The van der Waals surface area contributed by atoms with Crippen LogP contribution < -0.4 is 10.6 Å². The molecule has 0 atom stereocenters. The molecular weight excluding hydrogens is 452 g/mol. The van der Waals surface area contributed by atoms with Crippen molar-refractivity contribution in [1.82, 2.24) is 0 Å². The predicted molar refractivity (Wildman–Crippen MR) is 128 cm³/mol. The van der Waals surface area contributed by atoms with E-state index in [9.17, 15) is 9.59 Å². The van der Waals surface area contributed by atoms with Crippen LogP contribution in [0.25, 0.3) is 0 Å². The fourth-order valence-electron chi connectivity index (χ4n) is 5.45. The van der Waals surface area contributed by atoms with Gasteiger partial charge in [-0.05, 0) is 43.9 Å². The topological polar surface area (TPSA) is 58.2 Å². The Balaban J connectivity index is 1.53. The van der Waals surface area contributed by atoms with Crippen LogP contribution in [0, 0.1) is 0 Å². The minimum atomic E-state index is -0.0588. The molecule has 4 nitrogen and oxygen atoms in total. The van der Waals surface area contributed by atoms with Gasteiger partial charge in [-0.15, -0.1) is 0 Å². The molecule has 162 valence electrons. The summed E-state index contributed by atoms with van der Waals surface area (Å²) in [5.74, 6) is -0.112. The smallest absolute Gasteiger partial charge is 0.196 e. The molecule has 5 heteroatoms. The van der Waals surface area contributed by atoms with Crippen LogP contribution in [0.4, 0.5) is 11.4 Å². The highest BCUT2D eigenvalue weighted by molar-refractivity contribution is 9.10. The van der Waals surface area contributed by atoms with Crippen molar-refractivity contribution in [2.45, 2.75) is 76.3 Å². The lowest BCUT2D eigenvalue weighted by molar-refractivity contribution is 0.0980. The molecule has 0 bridgehead atoms. The monoisotopic (exact) mass is 480 g/mol. The first kappa shape index (κ1) is 20.7. The number of fused-ring (bicyclic) bond motifs is 2. The maximum atomic E-state index is 13.7. The van der Waals surface area contributed by atoms with Gasteiger partial charge in [-0.2, -0.15) is 0 Å². The van der Waals surface area contributed by atoms with Crippen LogP contribution in [-0.4, -0.2) is 23.7 Å². The number of ketones is 2. The second kappa shape index (κ2) is 8.78. The number of carbonyl (C=O) groups excluding carboxylic acids is 2. The standard InChI is InChI=1S/C26H29BrN2O2/c27-16-14-20-24(22(15-16)29-18-10-5-2-6-11-18)25(30)19-12-7-13-21(23(19)26(20)31)28-17-8-3-1-4-9-17/h7,12-15,17-18,28-29H,1-6,8-11H2. The molecule has 0 saturated heterocycles. The van der Waals surface area contributed by atoms with Gasteiger partial charge in [-0.1, -0.05) is 66.6 Å². The van der Waals surface area contributed by atoms with E-state index < -0.39 is 0 Å². The van der Waals surface area contributed by atoms with Crippen molar-refractivity contribution in [3.63, 3.8) is 0 Å². The van der Waals surface area contributed by atoms with Crippen LogP contribution in [-0.2, 0) is 0 Å². The van der Waals surface area contributed by atoms with E-state index in [0.717, 1.165) is 41.5 Å². The van der Waals surface area contributed by atoms with Crippen molar-refractivity contribution in [3.05, 3.63) is 57.1 Å². The Labute approximate surface area is 192 Å². The van der Waals surface area contributed by atoms with Crippen molar-refractivity contribution < 1.29 is 9.59 Å². The highest BCUT2D eigenvalue weighted by atomic mass is 79.9. The Morgan fingerprint density at radius 2 is 1.23 bits per heavy atom. The zero-order chi connectivity index (χ0) is 21.4. The molecular formula is C26H29BrN2O2. The summed E-state index contributed by atoms with van der Waals surface area (Å²) in [7, 11) is 0. The predicted octanol–water partition coefficient (Wildman–Crippen LogP) is 6.71. The summed E-state index contributed by atoms with van der Waals surface area (Å²) in [6.45, 7) is 0. The van der Waals surface area contributed by atoms with Crippen LogP contribution in [0.1, 0.15) is 96.1 Å². The van der Waals surface area contributed by atoms with Gasteiger partial charge in [0.25, 0.3) is 0 Å². The minimum absolute atomic E-state index is 0.0531. The summed E-state index contributed by atoms with van der Waals surface area (Å²) in [5, 5.41) is 7.18. The SMILES string of the molecule is O=C1c2cc(Br)cc(NC3CCCCC3)c2C(=O)c2cccc(NC3CCCCC3)c21. The van der Waals surface area contributed by atoms with Gasteiger partial charge < -0.3 is 10.6 Å². The molecule has 0 heterocycles. The largest absolute Gasteiger partial charge is 0.382 e. The summed E-state index contributed by atoms with van der Waals surface area (Å²) in [6, 6.07) is 10.1. The number of hydrogen-bond acceptors (Lipinski definition) is 4. The van der Waals surface area contributed by atoms with E-state index in [-0.39, 0.29) is 11.6 Å². The lowest BCUT2D eigenvalue weighted by atomic mass is 9.81. The fourth-order valence-corrected chi connectivity index (χ4v) is 5.91. The van der Waals surface area contributed by atoms with Crippen molar-refractivity contribution in [1.29, 1.82) is 0 Å². The molecule has 0 radical (unpaired) electrons. The molecule has 2 N–H and O–H groups in total. The van der Waals surface area contributed by atoms with Crippen molar-refractivity contribution >= 4 is 38.9 Å². The summed E-state index contributed by atoms with van der Waals surface area (Å²) in [6.07, 6.45) is 11.8. The maximum absolute atomic E-state index is 13.7. The van der Waals surface area contributed by atoms with Gasteiger partial charge in [0.15, 0.2) is 11.6 Å². The fraction of sp³-hybridized carbons (Fsp3) is 0.462. The van der Waals surface area contributed by atoms with Crippen LogP contribution in [0.2, 0.25) is 0 Å². The van der Waals surface area contributed by atoms with Crippen molar-refractivity contribution in [2.75, 3.05) is 10.6 Å². The van der Waals surface area contributed by atoms with Crippen LogP contribution >= 0.6 is 15.9 Å². The molecule has 0 amide bonds. The highest BCUT2D eigenvalue weighted by Gasteiger charge is 2.35. The molecule has 2 aromatic carbocycles. The molecule has 0 unspecified atom stereocenters. The first-order valence-electron chi connectivity index (χ1n) is 11.7. The number of rotatable bonds is 4. The van der Waals surface area contributed by atoms with Gasteiger partial charge in [0.05, 0.1) is 11.1 Å². The molecule has 2 aromatic rings. The van der Waals surface area contributed by atoms with E-state index >= 15 is 0 Å². The number of hydrogen-bond donors (Lipinski definition) is 2. The maximum Gasteiger partial charge on any atom is 0.196 e. The van der Waals surface area contributed by atoms with Gasteiger partial charge in [0, 0.05) is 39.1 Å². The van der Waals surface area contributed by atoms with Gasteiger partial charge in [0.1, 0.15) is 0 Å². The summed E-state index contributed by atoms with van der Waals surface area (Å²) in [5.41, 5.74) is 3.67. The van der Waals surface area contributed by atoms with Gasteiger partial charge >= 0.3 is 0 Å². The molecule has 5 rings (SSSR count). The number of nitrogens with one attached hydrogen (secondary N) is 2. The van der Waals surface area contributed by atoms with Crippen LogP contribution in [0.3, 0.4) is 0 Å². The molecule has 3 aliphatic rings. The van der Waals surface area contributed by atoms with Crippen molar-refractivity contribution in [2.24, 2.45) is 0 Å². The van der Waals surface area contributed by atoms with E-state index in [0.29, 0.717) is 34.3 Å². The van der Waals surface area contributed by atoms with E-state index in [4.69, 9.17) is 0 Å². The Morgan fingerprint density at radius 3 is 1.87 bits per heavy atom. The second-order valence-electron chi connectivity index (χ2n) is 9.22. The lowest BCUT2D eigenvalue weighted by Crippen LogP contribution is -2.29. The average Bonchev–Trinajstić information content (AvgIpc) is 2.78. The van der Waals surface area contributed by atoms with E-state index in [1.54, 1.807) is 6.07 Å². The minimum Gasteiger partial charge on any atom is -0.382 e. The number of anilines is 2. The number of carbonyl (C=O) groups is 2. The first-order valence-corrected chi connectivity index (χ1v) is 12.5. The Bertz CT molecular complexity index is 1020. The molecule has 3 aliphatic carbocycles. The summed E-state index contributed by atoms with van der Waals surface area (Å²) >= 11 is 3.57. The van der Waals surface area contributed by atoms with Gasteiger partial charge in [0.2, 0.25) is 0 Å². The van der Waals surface area contributed by atoms with Gasteiger partial charge in [-0.3, -0.25) is 9.59 Å². The third kappa shape index (κ3) is 4.05. The van der Waals surface area contributed by atoms with Crippen LogP contribution in [0.5, 0.6) is 0 Å². The highest BCUT2D eigenvalue weighted by Crippen LogP contribution is 2.38. The first-order chi connectivity index (χ1) is 15.1. The molecule has 2 fully saturated rings. The summed E-state index contributed by atoms with van der Waals surface area (Å²) in [4.78, 5) is 27.3. The molecule has 0 aromatic heterocycles. The zero-order valence-electron chi connectivity index (χ0n) is 17.8. The molecule has 0 spiro atoms. The molecule has 2 saturated carbocycles. The Morgan fingerprint density at radius 1 is 0.677 bits per heavy atom. The third-order valence-corrected chi connectivity index (χ3v) is 7.50. The lowest BCUT2D eigenvalue weighted by Gasteiger charge is -2.29. The molecule has 31 heavy (non-hydrogen) atoms. The van der Waals surface area contributed by atoms with Crippen molar-refractivity contribution in [3.8, 4) is 0 Å². The average molecular weight is 481 g/mol. The second-order valence-corrected chi connectivity index (χ2v) is 10.1. The van der Waals surface area contributed by atoms with Gasteiger partial charge in [-0.25, -0.2) is 0 Å². The third-order valence-electron chi connectivity index (χ3n) is 7.04. The Kier molecular flexibility index (Phi) is 5.87. The van der Waals surface area contributed by atoms with Crippen LogP contribution in [0.15, 0.2) is 34.8 Å². The summed E-state index contributed by atoms with van der Waals surface area (Å²) < 4.78 is 0.826. The number of halogens is 1. The number of benzene rings is 2. The zero-order valence-corrected chi connectivity index (χ0v) is 19.4. The molecule has 0 aliphatic heterocycles. The van der Waals surface area contributed by atoms with E-state index in [1.165, 1.54) is 38.5 Å².